The van der Waals surface area contributed by atoms with E-state index < -0.39 is 0 Å². The Balaban J connectivity index is 1.17. The van der Waals surface area contributed by atoms with Gasteiger partial charge in [0.05, 0.1) is 5.52 Å². The van der Waals surface area contributed by atoms with Gasteiger partial charge in [0, 0.05) is 69.9 Å². The summed E-state index contributed by atoms with van der Waals surface area (Å²) in [5, 5.41) is 13.9. The minimum absolute atomic E-state index is 0.0929. The van der Waals surface area contributed by atoms with Gasteiger partial charge in [0.1, 0.15) is 11.2 Å². The van der Waals surface area contributed by atoms with E-state index in [2.05, 4.69) is 176 Å². The summed E-state index contributed by atoms with van der Waals surface area (Å²) in [4.78, 5) is 0. The Labute approximate surface area is 322 Å². The van der Waals surface area contributed by atoms with Crippen LogP contribution in [0, 0.1) is 0 Å². The van der Waals surface area contributed by atoms with E-state index in [1.807, 2.05) is 11.3 Å². The van der Waals surface area contributed by atoms with Crippen LogP contribution in [0.1, 0.15) is 26.3 Å². The zero-order valence-corrected chi connectivity index (χ0v) is 31.6. The van der Waals surface area contributed by atoms with Gasteiger partial charge in [-0.25, -0.2) is 0 Å². The third-order valence-electron chi connectivity index (χ3n) is 11.9. The second kappa shape index (κ2) is 11.1. The van der Waals surface area contributed by atoms with Crippen LogP contribution >= 0.6 is 11.3 Å². The molecule has 0 saturated heterocycles. The summed E-state index contributed by atoms with van der Waals surface area (Å²) in [7, 11) is 0.797. The van der Waals surface area contributed by atoms with Gasteiger partial charge in [0.2, 0.25) is 0 Å². The molecule has 260 valence electrons. The number of fused-ring (bicyclic) bond motifs is 12. The number of nitrogens with one attached hydrogen (secondary N) is 1. The third-order valence-corrected chi connectivity index (χ3v) is 13.1. The van der Waals surface area contributed by atoms with Crippen molar-refractivity contribution in [3.05, 3.63) is 151 Å². The number of hydrogen-bond acceptors (Lipinski definition) is 3. The Morgan fingerprint density at radius 1 is 0.600 bits per heavy atom. The number of furan rings is 1. The van der Waals surface area contributed by atoms with Crippen molar-refractivity contribution in [1.29, 1.82) is 0 Å². The standard InChI is InChI=1S/C50H35BN2OS/c1-50(2,3)29-17-19-30(20-18-29)52-40-23-16-28-10-4-5-11-31(28)47(40)35-22-21-34-36-26-46-38(33-13-7-9-15-45(33)55-46)25-41(36)53-42-24-37-32-12-6-8-14-43(32)54-44(37)27-39(42)51-48(35)49(34)53/h4-27,51-52H,1-3H3. The van der Waals surface area contributed by atoms with Crippen LogP contribution in [0.5, 0.6) is 0 Å². The van der Waals surface area contributed by atoms with E-state index in [9.17, 15) is 0 Å². The zero-order valence-electron chi connectivity index (χ0n) is 30.8. The summed E-state index contributed by atoms with van der Waals surface area (Å²) >= 11 is 1.89. The summed E-state index contributed by atoms with van der Waals surface area (Å²) < 4.78 is 11.7. The number of para-hydroxylation sites is 1. The number of anilines is 2. The molecule has 0 atom stereocenters. The predicted octanol–water partition coefficient (Wildman–Crippen LogP) is 12.6. The van der Waals surface area contributed by atoms with Crippen LogP contribution in [0.15, 0.2) is 150 Å². The molecule has 0 radical (unpaired) electrons. The van der Waals surface area contributed by atoms with Crippen molar-refractivity contribution >= 4 is 116 Å². The highest BCUT2D eigenvalue weighted by molar-refractivity contribution is 7.25. The quantitative estimate of drug-likeness (QED) is 0.184. The minimum atomic E-state index is 0.0929. The number of nitrogens with zero attached hydrogens (tertiary/aromatic N) is 1. The molecule has 11 aromatic rings. The van der Waals surface area contributed by atoms with Gasteiger partial charge in [0.15, 0.2) is 7.28 Å². The van der Waals surface area contributed by atoms with Crippen molar-refractivity contribution in [1.82, 2.24) is 4.57 Å². The second-order valence-corrected chi connectivity index (χ2v) is 17.3. The second-order valence-electron chi connectivity index (χ2n) is 16.2. The first-order chi connectivity index (χ1) is 26.9. The van der Waals surface area contributed by atoms with Crippen molar-refractivity contribution in [3.8, 4) is 16.8 Å². The minimum Gasteiger partial charge on any atom is -0.456 e. The Hall–Kier alpha value is -6.30. The highest BCUT2D eigenvalue weighted by atomic mass is 32.1. The molecule has 8 aromatic carbocycles. The molecular formula is C50H35BN2OS. The van der Waals surface area contributed by atoms with E-state index in [0.717, 1.165) is 40.6 Å². The molecule has 3 nitrogen and oxygen atoms in total. The highest BCUT2D eigenvalue weighted by Crippen LogP contribution is 2.44. The van der Waals surface area contributed by atoms with Crippen LogP contribution in [0.3, 0.4) is 0 Å². The lowest BCUT2D eigenvalue weighted by atomic mass is 9.59. The molecule has 4 heterocycles. The van der Waals surface area contributed by atoms with Crippen LogP contribution in [0.4, 0.5) is 11.4 Å². The van der Waals surface area contributed by atoms with Gasteiger partial charge in [-0.1, -0.05) is 117 Å². The number of aromatic nitrogens is 1. The maximum Gasteiger partial charge on any atom is 0.198 e. The molecule has 0 bridgehead atoms. The zero-order chi connectivity index (χ0) is 36.6. The molecule has 0 spiro atoms. The first-order valence-electron chi connectivity index (χ1n) is 19.1. The van der Waals surface area contributed by atoms with E-state index in [1.54, 1.807) is 0 Å². The molecule has 5 heteroatoms. The van der Waals surface area contributed by atoms with Gasteiger partial charge in [-0.05, 0) is 87.4 Å². The van der Waals surface area contributed by atoms with E-state index in [1.165, 1.54) is 86.1 Å². The van der Waals surface area contributed by atoms with Crippen LogP contribution in [0.2, 0.25) is 0 Å². The fourth-order valence-electron chi connectivity index (χ4n) is 9.27. The predicted molar refractivity (Wildman–Crippen MR) is 239 cm³/mol. The summed E-state index contributed by atoms with van der Waals surface area (Å²) in [6.45, 7) is 6.79. The first-order valence-corrected chi connectivity index (χ1v) is 19.9. The lowest BCUT2D eigenvalue weighted by Crippen LogP contribution is -2.37. The molecule has 0 fully saturated rings. The normalized spacial score (nSPS) is 12.8. The Bertz CT molecular complexity index is 3410. The first kappa shape index (κ1) is 31.1. The molecule has 1 N–H and O–H groups in total. The highest BCUT2D eigenvalue weighted by Gasteiger charge is 2.29. The SMILES string of the molecule is CC(C)(C)c1ccc(Nc2ccc3ccccc3c2-c2ccc3c4cc5sc6ccccc6c5cc4n4c3c2Bc2cc3oc5ccccc5c3cc2-4)cc1. The largest absolute Gasteiger partial charge is 0.456 e. The van der Waals surface area contributed by atoms with Crippen molar-refractivity contribution in [2.45, 2.75) is 26.2 Å². The number of hydrogen-bond donors (Lipinski definition) is 1. The van der Waals surface area contributed by atoms with Gasteiger partial charge in [-0.15, -0.1) is 11.3 Å². The fraction of sp³-hybridized carbons (Fsp3) is 0.0800. The average molecular weight is 723 g/mol. The summed E-state index contributed by atoms with van der Waals surface area (Å²) in [6.07, 6.45) is 0. The molecule has 55 heavy (non-hydrogen) atoms. The molecule has 12 rings (SSSR count). The maximum absolute atomic E-state index is 6.51. The molecule has 0 aliphatic carbocycles. The van der Waals surface area contributed by atoms with Crippen molar-refractivity contribution < 1.29 is 4.42 Å². The molecule has 0 unspecified atom stereocenters. The average Bonchev–Trinajstić information content (AvgIpc) is 3.86. The lowest BCUT2D eigenvalue weighted by molar-refractivity contribution is 0.590. The molecular weight excluding hydrogens is 687 g/mol. The summed E-state index contributed by atoms with van der Waals surface area (Å²) in [5.41, 5.74) is 14.3. The Morgan fingerprint density at radius 3 is 2.24 bits per heavy atom. The number of thiophene rings is 1. The van der Waals surface area contributed by atoms with E-state index >= 15 is 0 Å². The van der Waals surface area contributed by atoms with E-state index in [0.29, 0.717) is 0 Å². The Morgan fingerprint density at radius 2 is 1.38 bits per heavy atom. The lowest BCUT2D eigenvalue weighted by Gasteiger charge is -2.24. The van der Waals surface area contributed by atoms with E-state index in [4.69, 9.17) is 4.42 Å². The van der Waals surface area contributed by atoms with Gasteiger partial charge in [-0.3, -0.25) is 0 Å². The van der Waals surface area contributed by atoms with Crippen LogP contribution in [0.25, 0.3) is 91.5 Å². The molecule has 1 aliphatic rings. The maximum atomic E-state index is 6.51. The molecule has 3 aromatic heterocycles. The monoisotopic (exact) mass is 722 g/mol. The molecule has 1 aliphatic heterocycles. The summed E-state index contributed by atoms with van der Waals surface area (Å²) in [5.74, 6) is 0. The van der Waals surface area contributed by atoms with Gasteiger partial charge in [-0.2, -0.15) is 0 Å². The topological polar surface area (TPSA) is 30.1 Å². The summed E-state index contributed by atoms with van der Waals surface area (Å²) in [6, 6.07) is 53.8. The van der Waals surface area contributed by atoms with E-state index in [-0.39, 0.29) is 5.41 Å². The molecule has 0 amide bonds. The molecule has 0 saturated carbocycles. The number of benzene rings is 8. The van der Waals surface area contributed by atoms with Crippen LogP contribution in [-0.2, 0) is 5.41 Å². The van der Waals surface area contributed by atoms with Gasteiger partial charge < -0.3 is 14.3 Å². The fourth-order valence-corrected chi connectivity index (χ4v) is 10.4. The van der Waals surface area contributed by atoms with Gasteiger partial charge >= 0.3 is 0 Å². The van der Waals surface area contributed by atoms with Crippen molar-refractivity contribution in [2.24, 2.45) is 0 Å². The smallest absolute Gasteiger partial charge is 0.198 e. The van der Waals surface area contributed by atoms with Crippen LogP contribution in [-0.4, -0.2) is 11.8 Å². The van der Waals surface area contributed by atoms with Crippen molar-refractivity contribution in [2.75, 3.05) is 5.32 Å². The van der Waals surface area contributed by atoms with Gasteiger partial charge in [0.25, 0.3) is 0 Å². The number of rotatable bonds is 3. The third kappa shape index (κ3) is 4.51. The van der Waals surface area contributed by atoms with Crippen LogP contribution < -0.4 is 16.2 Å². The Kier molecular flexibility index (Phi) is 6.29. The van der Waals surface area contributed by atoms with Crippen molar-refractivity contribution in [3.63, 3.8) is 0 Å².